The lowest BCUT2D eigenvalue weighted by Crippen LogP contribution is -1.89. The quantitative estimate of drug-likeness (QED) is 0.658. The predicted octanol–water partition coefficient (Wildman–Crippen LogP) is 0.716. The number of anilines is 1. The Morgan fingerprint density at radius 2 is 1.88 bits per heavy atom. The molecule has 0 fully saturated rings. The summed E-state index contributed by atoms with van der Waals surface area (Å²) in [5.41, 5.74) is 7.94. The van der Waals surface area contributed by atoms with Crippen molar-refractivity contribution < 1.29 is 13.0 Å². The summed E-state index contributed by atoms with van der Waals surface area (Å²) in [5, 5.41) is 0. The number of hydrogen-bond donors (Lipinski definition) is 2. The third-order valence-corrected chi connectivity index (χ3v) is 1.53. The van der Waals surface area contributed by atoms with Gasteiger partial charge in [0.2, 0.25) is 0 Å². The lowest BCUT2D eigenvalue weighted by molar-refractivity contribution is 0.490. The molecule has 3 N–H and O–H groups in total. The molecule has 16 heavy (non-hydrogen) atoms. The second kappa shape index (κ2) is 4.86. The minimum absolute atomic E-state index is 0.676. The standard InChI is InChI=1S/C8H7N3.CH4O3S/c9-6-3-5-10-7-2-1-4-11-8(6)7;1-5(2,3)4/h1-5H,(H2,9,10);1H3,(H,2,3,4). The highest BCUT2D eigenvalue weighted by atomic mass is 32.2. The van der Waals surface area contributed by atoms with Gasteiger partial charge in [-0.2, -0.15) is 8.42 Å². The Kier molecular flexibility index (Phi) is 3.75. The van der Waals surface area contributed by atoms with Gasteiger partial charge in [0.15, 0.2) is 0 Å². The first kappa shape index (κ1) is 12.3. The summed E-state index contributed by atoms with van der Waals surface area (Å²) in [7, 11) is -3.67. The Bertz CT molecular complexity index is 570. The van der Waals surface area contributed by atoms with Gasteiger partial charge >= 0.3 is 0 Å². The molecule has 2 aromatic rings. The van der Waals surface area contributed by atoms with E-state index in [0.717, 1.165) is 11.0 Å². The van der Waals surface area contributed by atoms with Gasteiger partial charge in [-0.3, -0.25) is 14.5 Å². The van der Waals surface area contributed by atoms with Crippen LogP contribution in [0.25, 0.3) is 11.0 Å². The molecule has 0 spiro atoms. The molecule has 0 aromatic carbocycles. The van der Waals surface area contributed by atoms with Gasteiger partial charge in [-0.05, 0) is 18.2 Å². The minimum Gasteiger partial charge on any atom is -0.397 e. The van der Waals surface area contributed by atoms with Crippen molar-refractivity contribution >= 4 is 26.8 Å². The van der Waals surface area contributed by atoms with Crippen LogP contribution >= 0.6 is 0 Å². The maximum Gasteiger partial charge on any atom is 0.261 e. The summed E-state index contributed by atoms with van der Waals surface area (Å²) in [6.45, 7) is 0. The first-order chi connectivity index (χ1) is 7.38. The molecule has 2 aromatic heterocycles. The number of nitrogen functional groups attached to an aromatic ring is 1. The Labute approximate surface area is 92.9 Å². The molecule has 0 atom stereocenters. The molecule has 86 valence electrons. The summed E-state index contributed by atoms with van der Waals surface area (Å²) in [6.07, 6.45) is 4.10. The number of hydrogen-bond acceptors (Lipinski definition) is 5. The highest BCUT2D eigenvalue weighted by Gasteiger charge is 1.95. The molecule has 2 heterocycles. The van der Waals surface area contributed by atoms with E-state index < -0.39 is 10.1 Å². The van der Waals surface area contributed by atoms with Gasteiger partial charge < -0.3 is 5.73 Å². The highest BCUT2D eigenvalue weighted by molar-refractivity contribution is 7.85. The van der Waals surface area contributed by atoms with Crippen molar-refractivity contribution in [3.63, 3.8) is 0 Å². The van der Waals surface area contributed by atoms with E-state index in [1.165, 1.54) is 0 Å². The molecule has 0 saturated heterocycles. The average Bonchev–Trinajstić information content (AvgIpc) is 2.16. The zero-order valence-electron chi connectivity index (χ0n) is 8.53. The number of rotatable bonds is 0. The number of aromatic nitrogens is 2. The second-order valence-corrected chi connectivity index (χ2v) is 4.47. The lowest BCUT2D eigenvalue weighted by atomic mass is 10.3. The summed E-state index contributed by atoms with van der Waals surface area (Å²) >= 11 is 0. The molecule has 0 unspecified atom stereocenters. The number of nitrogens with two attached hydrogens (primary N) is 1. The maximum atomic E-state index is 9.19. The second-order valence-electron chi connectivity index (χ2n) is 3.00. The van der Waals surface area contributed by atoms with Gasteiger partial charge in [0.1, 0.15) is 5.52 Å². The predicted molar refractivity (Wildman–Crippen MR) is 61.4 cm³/mol. The number of nitrogens with zero attached hydrogens (tertiary/aromatic N) is 2. The molecule has 0 aliphatic rings. The number of pyridine rings is 2. The van der Waals surface area contributed by atoms with Crippen LogP contribution in [0.4, 0.5) is 5.69 Å². The zero-order chi connectivity index (χ0) is 12.2. The van der Waals surface area contributed by atoms with Gasteiger partial charge in [-0.15, -0.1) is 0 Å². The van der Waals surface area contributed by atoms with Crippen LogP contribution in [0, 0.1) is 0 Å². The molecule has 0 radical (unpaired) electrons. The Hall–Kier alpha value is -1.73. The van der Waals surface area contributed by atoms with E-state index in [4.69, 9.17) is 10.3 Å². The van der Waals surface area contributed by atoms with Gasteiger partial charge in [-0.25, -0.2) is 0 Å². The van der Waals surface area contributed by atoms with E-state index in [0.29, 0.717) is 11.9 Å². The normalized spacial score (nSPS) is 10.6. The fourth-order valence-corrected chi connectivity index (χ4v) is 1.00. The Balaban J connectivity index is 0.000000221. The van der Waals surface area contributed by atoms with Crippen LogP contribution in [0.15, 0.2) is 30.6 Å². The van der Waals surface area contributed by atoms with E-state index in [2.05, 4.69) is 9.97 Å². The summed E-state index contributed by atoms with van der Waals surface area (Å²) in [6, 6.07) is 5.48. The molecular formula is C9H11N3O3S. The number of fused-ring (bicyclic) bond motifs is 1. The molecule has 0 saturated carbocycles. The topological polar surface area (TPSA) is 106 Å². The van der Waals surface area contributed by atoms with E-state index >= 15 is 0 Å². The van der Waals surface area contributed by atoms with Crippen molar-refractivity contribution in [2.45, 2.75) is 0 Å². The van der Waals surface area contributed by atoms with E-state index in [-0.39, 0.29) is 0 Å². The van der Waals surface area contributed by atoms with Crippen molar-refractivity contribution in [1.82, 2.24) is 9.97 Å². The molecule has 0 bridgehead atoms. The van der Waals surface area contributed by atoms with Crippen molar-refractivity contribution in [2.24, 2.45) is 0 Å². The molecule has 6 nitrogen and oxygen atoms in total. The molecule has 0 amide bonds. The highest BCUT2D eigenvalue weighted by Crippen LogP contribution is 2.13. The lowest BCUT2D eigenvalue weighted by Gasteiger charge is -1.96. The maximum absolute atomic E-state index is 9.19. The SMILES string of the molecule is CS(=O)(=O)O.Nc1ccnc2cccnc12. The smallest absolute Gasteiger partial charge is 0.261 e. The summed E-state index contributed by atoms with van der Waals surface area (Å²) < 4.78 is 25.9. The largest absolute Gasteiger partial charge is 0.397 e. The van der Waals surface area contributed by atoms with Gasteiger partial charge in [0, 0.05) is 12.4 Å². The Morgan fingerprint density at radius 1 is 1.25 bits per heavy atom. The van der Waals surface area contributed by atoms with Gasteiger partial charge in [0.05, 0.1) is 17.5 Å². The van der Waals surface area contributed by atoms with E-state index in [1.54, 1.807) is 18.5 Å². The molecule has 0 aliphatic carbocycles. The van der Waals surface area contributed by atoms with Gasteiger partial charge in [0.25, 0.3) is 10.1 Å². The van der Waals surface area contributed by atoms with Crippen LogP contribution in [0.5, 0.6) is 0 Å². The fraction of sp³-hybridized carbons (Fsp3) is 0.111. The monoisotopic (exact) mass is 241 g/mol. The molecule has 2 rings (SSSR count). The van der Waals surface area contributed by atoms with Crippen LogP contribution in [0.3, 0.4) is 0 Å². The summed E-state index contributed by atoms with van der Waals surface area (Å²) in [5.74, 6) is 0. The van der Waals surface area contributed by atoms with Crippen LogP contribution in [0.1, 0.15) is 0 Å². The minimum atomic E-state index is -3.67. The first-order valence-corrected chi connectivity index (χ1v) is 6.10. The van der Waals surface area contributed by atoms with Crippen molar-refractivity contribution in [3.8, 4) is 0 Å². The van der Waals surface area contributed by atoms with E-state index in [9.17, 15) is 8.42 Å². The third-order valence-electron chi connectivity index (χ3n) is 1.53. The van der Waals surface area contributed by atoms with Crippen LogP contribution in [-0.2, 0) is 10.1 Å². The van der Waals surface area contributed by atoms with Crippen molar-refractivity contribution in [3.05, 3.63) is 30.6 Å². The van der Waals surface area contributed by atoms with E-state index in [1.807, 2.05) is 12.1 Å². The third kappa shape index (κ3) is 4.20. The molecule has 7 heteroatoms. The van der Waals surface area contributed by atoms with Crippen LogP contribution < -0.4 is 5.73 Å². The van der Waals surface area contributed by atoms with Crippen molar-refractivity contribution in [2.75, 3.05) is 12.0 Å². The molecular weight excluding hydrogens is 230 g/mol. The average molecular weight is 241 g/mol. The Morgan fingerprint density at radius 3 is 2.44 bits per heavy atom. The fourth-order valence-electron chi connectivity index (χ4n) is 1.00. The van der Waals surface area contributed by atoms with Crippen molar-refractivity contribution in [1.29, 1.82) is 0 Å². The first-order valence-electron chi connectivity index (χ1n) is 4.25. The summed E-state index contributed by atoms with van der Waals surface area (Å²) in [4.78, 5) is 8.19. The van der Waals surface area contributed by atoms with Gasteiger partial charge in [-0.1, -0.05) is 0 Å². The van der Waals surface area contributed by atoms with Crippen LogP contribution in [0.2, 0.25) is 0 Å². The zero-order valence-corrected chi connectivity index (χ0v) is 9.35. The molecule has 0 aliphatic heterocycles. The van der Waals surface area contributed by atoms with Crippen LogP contribution in [-0.4, -0.2) is 29.2 Å².